The van der Waals surface area contributed by atoms with Gasteiger partial charge >= 0.3 is 0 Å². The van der Waals surface area contributed by atoms with E-state index >= 15 is 0 Å². The van der Waals surface area contributed by atoms with E-state index in [1.165, 1.54) is 5.56 Å². The molecule has 1 aromatic rings. The molecule has 1 unspecified atom stereocenters. The van der Waals surface area contributed by atoms with E-state index in [1.807, 2.05) is 18.2 Å². The van der Waals surface area contributed by atoms with Gasteiger partial charge in [-0.1, -0.05) is 30.3 Å². The highest BCUT2D eigenvalue weighted by molar-refractivity contribution is 5.91. The molecule has 1 spiro atoms. The van der Waals surface area contributed by atoms with E-state index in [0.29, 0.717) is 11.8 Å². The highest BCUT2D eigenvalue weighted by Crippen LogP contribution is 2.51. The van der Waals surface area contributed by atoms with Gasteiger partial charge in [-0.15, -0.1) is 0 Å². The predicted octanol–water partition coefficient (Wildman–Crippen LogP) is 1.90. The van der Waals surface area contributed by atoms with Gasteiger partial charge < -0.3 is 19.6 Å². The Hall–Kier alpha value is -1.43. The van der Waals surface area contributed by atoms with Crippen molar-refractivity contribution in [2.75, 3.05) is 53.0 Å². The first-order valence-corrected chi connectivity index (χ1v) is 10.3. The maximum absolute atomic E-state index is 13.3. The minimum atomic E-state index is -0.262. The van der Waals surface area contributed by atoms with Crippen LogP contribution in [0.1, 0.15) is 31.2 Å². The van der Waals surface area contributed by atoms with Crippen LogP contribution < -0.4 is 0 Å². The molecule has 1 amide bonds. The summed E-state index contributed by atoms with van der Waals surface area (Å²) in [5.74, 6) is 0.633. The van der Waals surface area contributed by atoms with Crippen molar-refractivity contribution in [3.8, 4) is 0 Å². The van der Waals surface area contributed by atoms with Gasteiger partial charge in [0.05, 0.1) is 12.0 Å². The zero-order valence-corrected chi connectivity index (χ0v) is 16.4. The standard InChI is InChI=1S/C22H32N2O3/c1-27-14-13-23-15-19(16-25)21(17-23)9-11-24(12-10-21)20(26)22(7-8-22)18-5-3-2-4-6-18/h2-6,19,25H,7-17H2,1H3. The van der Waals surface area contributed by atoms with Crippen molar-refractivity contribution >= 4 is 5.91 Å². The molecule has 3 aliphatic rings. The van der Waals surface area contributed by atoms with Gasteiger partial charge in [0.15, 0.2) is 0 Å². The van der Waals surface area contributed by atoms with Crippen molar-refractivity contribution in [2.45, 2.75) is 31.1 Å². The van der Waals surface area contributed by atoms with E-state index in [-0.39, 0.29) is 17.4 Å². The van der Waals surface area contributed by atoms with Crippen LogP contribution in [0.2, 0.25) is 0 Å². The van der Waals surface area contributed by atoms with E-state index in [2.05, 4.69) is 21.9 Å². The summed E-state index contributed by atoms with van der Waals surface area (Å²) >= 11 is 0. The Kier molecular flexibility index (Phi) is 5.28. The zero-order chi connectivity index (χ0) is 18.9. The number of ether oxygens (including phenoxy) is 1. The highest BCUT2D eigenvalue weighted by Gasteiger charge is 2.55. The number of aliphatic hydroxyl groups is 1. The molecule has 5 heteroatoms. The molecule has 2 aliphatic heterocycles. The molecule has 1 N–H and O–H groups in total. The quantitative estimate of drug-likeness (QED) is 0.829. The van der Waals surface area contributed by atoms with Crippen molar-refractivity contribution in [3.05, 3.63) is 35.9 Å². The highest BCUT2D eigenvalue weighted by atomic mass is 16.5. The molecule has 4 rings (SSSR count). The number of hydrogen-bond acceptors (Lipinski definition) is 4. The van der Waals surface area contributed by atoms with Crippen LogP contribution in [-0.4, -0.2) is 73.9 Å². The normalized spacial score (nSPS) is 26.4. The van der Waals surface area contributed by atoms with Gasteiger partial charge in [-0.25, -0.2) is 0 Å². The van der Waals surface area contributed by atoms with Gasteiger partial charge in [0.25, 0.3) is 0 Å². The first kappa shape index (κ1) is 18.9. The maximum atomic E-state index is 13.3. The number of aliphatic hydroxyl groups excluding tert-OH is 1. The first-order valence-electron chi connectivity index (χ1n) is 10.3. The summed E-state index contributed by atoms with van der Waals surface area (Å²) in [4.78, 5) is 17.8. The van der Waals surface area contributed by atoms with Crippen LogP contribution in [0.15, 0.2) is 30.3 Å². The summed E-state index contributed by atoms with van der Waals surface area (Å²) in [6.45, 7) is 5.51. The average molecular weight is 373 g/mol. The Balaban J connectivity index is 1.41. The second kappa shape index (κ2) is 7.53. The Labute approximate surface area is 162 Å². The van der Waals surface area contributed by atoms with Gasteiger partial charge in [0.1, 0.15) is 0 Å². The number of methoxy groups -OCH3 is 1. The number of likely N-dealkylation sites (tertiary alicyclic amines) is 2. The summed E-state index contributed by atoms with van der Waals surface area (Å²) in [6, 6.07) is 10.3. The van der Waals surface area contributed by atoms with Crippen molar-refractivity contribution in [3.63, 3.8) is 0 Å². The molecular weight excluding hydrogens is 340 g/mol. The van der Waals surface area contributed by atoms with Crippen molar-refractivity contribution in [1.82, 2.24) is 9.80 Å². The van der Waals surface area contributed by atoms with Crippen LogP contribution in [0.5, 0.6) is 0 Å². The minimum Gasteiger partial charge on any atom is -0.396 e. The molecule has 1 saturated carbocycles. The van der Waals surface area contributed by atoms with Crippen molar-refractivity contribution in [1.29, 1.82) is 0 Å². The fraction of sp³-hybridized carbons (Fsp3) is 0.682. The van der Waals surface area contributed by atoms with E-state index in [4.69, 9.17) is 4.74 Å². The van der Waals surface area contributed by atoms with Gasteiger partial charge in [-0.2, -0.15) is 0 Å². The second-order valence-electron chi connectivity index (χ2n) is 8.71. The second-order valence-corrected chi connectivity index (χ2v) is 8.71. The van der Waals surface area contributed by atoms with E-state index < -0.39 is 0 Å². The molecule has 0 aromatic heterocycles. The minimum absolute atomic E-state index is 0.155. The lowest BCUT2D eigenvalue weighted by atomic mass is 9.71. The van der Waals surface area contributed by atoms with Crippen LogP contribution in [0.4, 0.5) is 0 Å². The monoisotopic (exact) mass is 372 g/mol. The molecule has 27 heavy (non-hydrogen) atoms. The first-order chi connectivity index (χ1) is 13.1. The maximum Gasteiger partial charge on any atom is 0.233 e. The molecule has 0 bridgehead atoms. The molecular formula is C22H32N2O3. The molecule has 1 atom stereocenters. The van der Waals surface area contributed by atoms with Crippen LogP contribution in [0.25, 0.3) is 0 Å². The molecule has 3 fully saturated rings. The third kappa shape index (κ3) is 3.41. The number of piperidine rings is 1. The lowest BCUT2D eigenvalue weighted by Gasteiger charge is -2.43. The summed E-state index contributed by atoms with van der Waals surface area (Å²) in [5, 5.41) is 9.95. The number of carbonyl (C=O) groups excluding carboxylic acids is 1. The van der Waals surface area contributed by atoms with Crippen LogP contribution in [0.3, 0.4) is 0 Å². The Bertz CT molecular complexity index is 651. The topological polar surface area (TPSA) is 53.0 Å². The smallest absolute Gasteiger partial charge is 0.233 e. The molecule has 5 nitrogen and oxygen atoms in total. The molecule has 1 aromatic carbocycles. The number of amides is 1. The van der Waals surface area contributed by atoms with E-state index in [1.54, 1.807) is 7.11 Å². The molecule has 148 valence electrons. The average Bonchev–Trinajstić information content (AvgIpc) is 3.46. The Morgan fingerprint density at radius 3 is 2.48 bits per heavy atom. The van der Waals surface area contributed by atoms with Crippen molar-refractivity contribution in [2.24, 2.45) is 11.3 Å². The van der Waals surface area contributed by atoms with Crippen LogP contribution in [-0.2, 0) is 14.9 Å². The number of benzene rings is 1. The van der Waals surface area contributed by atoms with Crippen LogP contribution >= 0.6 is 0 Å². The fourth-order valence-electron chi connectivity index (χ4n) is 5.32. The number of nitrogens with zero attached hydrogens (tertiary/aromatic N) is 2. The lowest BCUT2D eigenvalue weighted by molar-refractivity contribution is -0.136. The van der Waals surface area contributed by atoms with Gasteiger partial charge in [-0.3, -0.25) is 4.79 Å². The van der Waals surface area contributed by atoms with E-state index in [0.717, 1.165) is 65.0 Å². The summed E-state index contributed by atoms with van der Waals surface area (Å²) in [5.41, 5.74) is 1.07. The van der Waals surface area contributed by atoms with E-state index in [9.17, 15) is 9.90 Å². The molecule has 0 radical (unpaired) electrons. The lowest BCUT2D eigenvalue weighted by Crippen LogP contribution is -2.49. The van der Waals surface area contributed by atoms with Gasteiger partial charge in [0.2, 0.25) is 5.91 Å². The largest absolute Gasteiger partial charge is 0.396 e. The number of carbonyl (C=O) groups is 1. The molecule has 1 aliphatic carbocycles. The number of hydrogen-bond donors (Lipinski definition) is 1. The summed E-state index contributed by atoms with van der Waals surface area (Å²) < 4.78 is 5.23. The third-order valence-corrected chi connectivity index (χ3v) is 7.25. The predicted molar refractivity (Wildman–Crippen MR) is 104 cm³/mol. The molecule has 2 heterocycles. The summed E-state index contributed by atoms with van der Waals surface area (Å²) in [6.07, 6.45) is 3.94. The zero-order valence-electron chi connectivity index (χ0n) is 16.4. The SMILES string of the molecule is COCCN1CC(CO)C2(CCN(C(=O)C3(c4ccccc4)CC3)CC2)C1. The van der Waals surface area contributed by atoms with Crippen molar-refractivity contribution < 1.29 is 14.6 Å². The van der Waals surface area contributed by atoms with Gasteiger partial charge in [0, 0.05) is 52.4 Å². The third-order valence-electron chi connectivity index (χ3n) is 7.25. The summed E-state index contributed by atoms with van der Waals surface area (Å²) in [7, 11) is 1.74. The number of rotatable bonds is 6. The Morgan fingerprint density at radius 2 is 1.89 bits per heavy atom. The molecule has 2 saturated heterocycles. The van der Waals surface area contributed by atoms with Crippen LogP contribution in [0, 0.1) is 11.3 Å². The van der Waals surface area contributed by atoms with Gasteiger partial charge in [-0.05, 0) is 36.7 Å². The Morgan fingerprint density at radius 1 is 1.19 bits per heavy atom. The fourth-order valence-corrected chi connectivity index (χ4v) is 5.32.